The lowest BCUT2D eigenvalue weighted by Gasteiger charge is -2.19. The minimum atomic E-state index is -0.638. The van der Waals surface area contributed by atoms with Gasteiger partial charge in [0.1, 0.15) is 11.8 Å². The van der Waals surface area contributed by atoms with E-state index in [9.17, 15) is 9.59 Å². The van der Waals surface area contributed by atoms with Gasteiger partial charge in [0.15, 0.2) is 0 Å². The summed E-state index contributed by atoms with van der Waals surface area (Å²) in [5.41, 5.74) is 1.29. The van der Waals surface area contributed by atoms with E-state index in [-0.39, 0.29) is 11.8 Å². The number of rotatable bonds is 10. The minimum Gasteiger partial charge on any atom is -0.496 e. The van der Waals surface area contributed by atoms with E-state index in [4.69, 9.17) is 27.9 Å². The third kappa shape index (κ3) is 7.14. The number of benzene rings is 2. The SMILES string of the molecule is COc1ccccc1C(=O)NC(CCSC)C(=O)NCCc1ccc(Cl)cc1Cl. The van der Waals surface area contributed by atoms with Gasteiger partial charge in [0.2, 0.25) is 5.91 Å². The van der Waals surface area contributed by atoms with Gasteiger partial charge < -0.3 is 15.4 Å². The van der Waals surface area contributed by atoms with Crippen molar-refractivity contribution in [1.29, 1.82) is 0 Å². The van der Waals surface area contributed by atoms with Gasteiger partial charge in [-0.3, -0.25) is 9.59 Å². The number of hydrogen-bond donors (Lipinski definition) is 2. The monoisotopic (exact) mass is 454 g/mol. The number of halogens is 2. The van der Waals surface area contributed by atoms with Crippen LogP contribution in [0.15, 0.2) is 42.5 Å². The summed E-state index contributed by atoms with van der Waals surface area (Å²) in [7, 11) is 1.51. The molecule has 0 radical (unpaired) electrons. The van der Waals surface area contributed by atoms with Crippen molar-refractivity contribution < 1.29 is 14.3 Å². The Morgan fingerprint density at radius 2 is 1.93 bits per heavy atom. The lowest BCUT2D eigenvalue weighted by atomic mass is 10.1. The van der Waals surface area contributed by atoms with Gasteiger partial charge in [-0.2, -0.15) is 11.8 Å². The van der Waals surface area contributed by atoms with Gasteiger partial charge in [0, 0.05) is 16.6 Å². The Morgan fingerprint density at radius 3 is 2.62 bits per heavy atom. The van der Waals surface area contributed by atoms with Gasteiger partial charge in [-0.1, -0.05) is 41.4 Å². The van der Waals surface area contributed by atoms with Gasteiger partial charge in [-0.05, 0) is 54.7 Å². The van der Waals surface area contributed by atoms with E-state index in [1.165, 1.54) is 7.11 Å². The summed E-state index contributed by atoms with van der Waals surface area (Å²) < 4.78 is 5.24. The van der Waals surface area contributed by atoms with E-state index in [0.29, 0.717) is 40.7 Å². The first-order valence-electron chi connectivity index (χ1n) is 9.10. The topological polar surface area (TPSA) is 67.4 Å². The van der Waals surface area contributed by atoms with Crippen LogP contribution in [0.3, 0.4) is 0 Å². The van der Waals surface area contributed by atoms with Crippen molar-refractivity contribution in [3.05, 3.63) is 63.6 Å². The Hall–Kier alpha value is -1.89. The number of hydrogen-bond acceptors (Lipinski definition) is 4. The fourth-order valence-electron chi connectivity index (χ4n) is 2.74. The van der Waals surface area contributed by atoms with Crippen molar-refractivity contribution >= 4 is 46.8 Å². The zero-order chi connectivity index (χ0) is 21.2. The Bertz CT molecular complexity index is 848. The van der Waals surface area contributed by atoms with Crippen LogP contribution in [-0.4, -0.2) is 43.5 Å². The van der Waals surface area contributed by atoms with E-state index in [0.717, 1.165) is 11.3 Å². The molecule has 0 aliphatic rings. The lowest BCUT2D eigenvalue weighted by Crippen LogP contribution is -2.47. The van der Waals surface area contributed by atoms with Crippen molar-refractivity contribution in [2.75, 3.05) is 25.7 Å². The molecule has 2 rings (SSSR count). The number of methoxy groups -OCH3 is 1. The average Bonchev–Trinajstić information content (AvgIpc) is 2.72. The van der Waals surface area contributed by atoms with Crippen LogP contribution in [0.2, 0.25) is 10.0 Å². The molecule has 0 saturated carbocycles. The Morgan fingerprint density at radius 1 is 1.17 bits per heavy atom. The van der Waals surface area contributed by atoms with Crippen LogP contribution in [0.5, 0.6) is 5.75 Å². The van der Waals surface area contributed by atoms with Crippen molar-refractivity contribution in [2.24, 2.45) is 0 Å². The van der Waals surface area contributed by atoms with E-state index in [2.05, 4.69) is 10.6 Å². The summed E-state index contributed by atoms with van der Waals surface area (Å²) >= 11 is 13.7. The number of para-hydroxylation sites is 1. The molecule has 1 atom stereocenters. The first kappa shape index (κ1) is 23.4. The normalized spacial score (nSPS) is 11.6. The Kier molecular flexibility index (Phi) is 9.64. The third-order valence-electron chi connectivity index (χ3n) is 4.29. The number of carbonyl (C=O) groups is 2. The Balaban J connectivity index is 1.98. The second-order valence-corrected chi connectivity index (χ2v) is 8.11. The standard InChI is InChI=1S/C21H24Cl2N2O3S/c1-28-19-6-4-3-5-16(19)20(26)25-18(10-12-29-2)21(27)24-11-9-14-7-8-15(22)13-17(14)23/h3-8,13,18H,9-12H2,1-2H3,(H,24,27)(H,25,26). The van der Waals surface area contributed by atoms with Crippen LogP contribution in [0.25, 0.3) is 0 Å². The summed E-state index contributed by atoms with van der Waals surface area (Å²) in [5.74, 6) is 0.635. The van der Waals surface area contributed by atoms with Crippen LogP contribution >= 0.6 is 35.0 Å². The molecule has 0 aliphatic heterocycles. The summed E-state index contributed by atoms with van der Waals surface area (Å²) in [5, 5.41) is 6.84. The average molecular weight is 455 g/mol. The fourth-order valence-corrected chi connectivity index (χ4v) is 3.72. The minimum absolute atomic E-state index is 0.229. The lowest BCUT2D eigenvalue weighted by molar-refractivity contribution is -0.122. The second kappa shape index (κ2) is 12.0. The summed E-state index contributed by atoms with van der Waals surface area (Å²) in [6.07, 6.45) is 3.05. The number of ether oxygens (including phenoxy) is 1. The van der Waals surface area contributed by atoms with E-state index in [1.807, 2.05) is 12.3 Å². The predicted molar refractivity (Wildman–Crippen MR) is 120 cm³/mol. The molecule has 2 aromatic carbocycles. The maximum Gasteiger partial charge on any atom is 0.255 e. The Labute approximate surface area is 185 Å². The quantitative estimate of drug-likeness (QED) is 0.563. The summed E-state index contributed by atoms with van der Waals surface area (Å²) in [6.45, 7) is 0.403. The van der Waals surface area contributed by atoms with E-state index >= 15 is 0 Å². The van der Waals surface area contributed by atoms with Gasteiger partial charge in [0.05, 0.1) is 12.7 Å². The van der Waals surface area contributed by atoms with Gasteiger partial charge in [0.25, 0.3) is 5.91 Å². The molecule has 0 heterocycles. The fraction of sp³-hybridized carbons (Fsp3) is 0.333. The summed E-state index contributed by atoms with van der Waals surface area (Å²) in [4.78, 5) is 25.3. The van der Waals surface area contributed by atoms with Gasteiger partial charge in [-0.15, -0.1) is 0 Å². The molecule has 0 spiro atoms. The predicted octanol–water partition coefficient (Wildman–Crippen LogP) is 4.21. The largest absolute Gasteiger partial charge is 0.496 e. The first-order chi connectivity index (χ1) is 14.0. The molecular weight excluding hydrogens is 431 g/mol. The van der Waals surface area contributed by atoms with Crippen molar-refractivity contribution in [3.63, 3.8) is 0 Å². The molecule has 156 valence electrons. The molecular formula is C21H24Cl2N2O3S. The highest BCUT2D eigenvalue weighted by Gasteiger charge is 2.22. The number of amides is 2. The van der Waals surface area contributed by atoms with Crippen molar-refractivity contribution in [1.82, 2.24) is 10.6 Å². The molecule has 0 bridgehead atoms. The zero-order valence-electron chi connectivity index (χ0n) is 16.3. The molecule has 2 amide bonds. The van der Waals surface area contributed by atoms with E-state index < -0.39 is 6.04 Å². The van der Waals surface area contributed by atoms with E-state index in [1.54, 1.807) is 48.2 Å². The molecule has 2 N–H and O–H groups in total. The van der Waals surface area contributed by atoms with Gasteiger partial charge in [-0.25, -0.2) is 0 Å². The van der Waals surface area contributed by atoms with Crippen molar-refractivity contribution in [2.45, 2.75) is 18.9 Å². The molecule has 0 fully saturated rings. The first-order valence-corrected chi connectivity index (χ1v) is 11.3. The van der Waals surface area contributed by atoms with Crippen LogP contribution in [0.4, 0.5) is 0 Å². The van der Waals surface area contributed by atoms with Gasteiger partial charge >= 0.3 is 0 Å². The summed E-state index contributed by atoms with van der Waals surface area (Å²) in [6, 6.07) is 11.6. The molecule has 0 aliphatic carbocycles. The molecule has 8 heteroatoms. The number of thioether (sulfide) groups is 1. The molecule has 0 saturated heterocycles. The van der Waals surface area contributed by atoms with Crippen LogP contribution in [0, 0.1) is 0 Å². The molecule has 0 aromatic heterocycles. The maximum absolute atomic E-state index is 12.7. The maximum atomic E-state index is 12.7. The van der Waals surface area contributed by atoms with Crippen molar-refractivity contribution in [3.8, 4) is 5.75 Å². The van der Waals surface area contributed by atoms with Crippen LogP contribution in [-0.2, 0) is 11.2 Å². The van der Waals surface area contributed by atoms with Crippen LogP contribution < -0.4 is 15.4 Å². The number of carbonyl (C=O) groups excluding carboxylic acids is 2. The number of nitrogens with one attached hydrogen (secondary N) is 2. The second-order valence-electron chi connectivity index (χ2n) is 6.28. The highest BCUT2D eigenvalue weighted by Crippen LogP contribution is 2.21. The highest BCUT2D eigenvalue weighted by molar-refractivity contribution is 7.98. The smallest absolute Gasteiger partial charge is 0.255 e. The molecule has 2 aromatic rings. The zero-order valence-corrected chi connectivity index (χ0v) is 18.7. The highest BCUT2D eigenvalue weighted by atomic mass is 35.5. The van der Waals surface area contributed by atoms with Crippen LogP contribution in [0.1, 0.15) is 22.3 Å². The molecule has 29 heavy (non-hydrogen) atoms. The molecule has 5 nitrogen and oxygen atoms in total. The third-order valence-corrected chi connectivity index (χ3v) is 5.52. The molecule has 1 unspecified atom stereocenters.